The van der Waals surface area contributed by atoms with Crippen LogP contribution in [0, 0.1) is 12.8 Å². The highest BCUT2D eigenvalue weighted by Gasteiger charge is 2.23. The fraction of sp³-hybridized carbons (Fsp3) is 0.571. The molecule has 1 amide bonds. The van der Waals surface area contributed by atoms with E-state index in [4.69, 9.17) is 15.6 Å². The number of amides is 1. The van der Waals surface area contributed by atoms with E-state index in [0.717, 1.165) is 31.4 Å². The molecule has 5 heteroatoms. The molecule has 0 saturated heterocycles. The number of nitrogens with zero attached hydrogens (tertiary/aromatic N) is 1. The van der Waals surface area contributed by atoms with E-state index in [1.807, 2.05) is 6.92 Å². The number of aliphatic hydroxyl groups excluding tert-OH is 1. The molecule has 0 spiro atoms. The number of aliphatic hydroxyl groups is 1. The lowest BCUT2D eigenvalue weighted by molar-refractivity contribution is 0.0934. The number of ether oxygens (including phenoxy) is 1. The van der Waals surface area contributed by atoms with Crippen LogP contribution in [-0.2, 0) is 0 Å². The second-order valence-electron chi connectivity index (χ2n) is 5.11. The number of nitrogens with two attached hydrogens (primary N) is 1. The number of carbonyl (C=O) groups is 1. The molecule has 0 aromatic carbocycles. The molecule has 1 aromatic heterocycles. The summed E-state index contributed by atoms with van der Waals surface area (Å²) < 4.78 is 5.83. The number of primary amides is 1. The van der Waals surface area contributed by atoms with Gasteiger partial charge in [0.05, 0.1) is 0 Å². The molecule has 3 N–H and O–H groups in total. The maximum Gasteiger partial charge on any atom is 0.254 e. The highest BCUT2D eigenvalue weighted by Crippen LogP contribution is 2.28. The van der Waals surface area contributed by atoms with Gasteiger partial charge in [-0.25, -0.2) is 4.98 Å². The minimum Gasteiger partial charge on any atom is -0.474 e. The van der Waals surface area contributed by atoms with E-state index in [1.165, 1.54) is 0 Å². The van der Waals surface area contributed by atoms with Crippen LogP contribution in [-0.4, -0.2) is 28.7 Å². The van der Waals surface area contributed by atoms with Crippen LogP contribution in [0.5, 0.6) is 5.88 Å². The number of pyridine rings is 1. The van der Waals surface area contributed by atoms with E-state index < -0.39 is 5.91 Å². The minimum atomic E-state index is -0.522. The Morgan fingerprint density at radius 3 is 2.68 bits per heavy atom. The summed E-state index contributed by atoms with van der Waals surface area (Å²) in [5.41, 5.74) is 6.45. The van der Waals surface area contributed by atoms with Gasteiger partial charge in [0, 0.05) is 12.3 Å². The predicted octanol–water partition coefficient (Wildman–Crippen LogP) is 1.42. The Kier molecular flexibility index (Phi) is 4.37. The zero-order valence-electron chi connectivity index (χ0n) is 11.1. The van der Waals surface area contributed by atoms with E-state index in [2.05, 4.69) is 4.98 Å². The van der Waals surface area contributed by atoms with Crippen molar-refractivity contribution >= 4 is 5.91 Å². The van der Waals surface area contributed by atoms with Crippen LogP contribution in [0.4, 0.5) is 0 Å². The average Bonchev–Trinajstić information content (AvgIpc) is 2.39. The van der Waals surface area contributed by atoms with Gasteiger partial charge in [-0.05, 0) is 50.7 Å². The summed E-state index contributed by atoms with van der Waals surface area (Å²) in [6.07, 6.45) is 3.69. The zero-order chi connectivity index (χ0) is 13.8. The Morgan fingerprint density at radius 1 is 1.42 bits per heavy atom. The summed E-state index contributed by atoms with van der Waals surface area (Å²) in [5.74, 6) is 0.187. The first kappa shape index (κ1) is 13.8. The summed E-state index contributed by atoms with van der Waals surface area (Å²) in [4.78, 5) is 15.6. The normalized spacial score (nSPS) is 23.1. The van der Waals surface area contributed by atoms with Gasteiger partial charge < -0.3 is 15.6 Å². The van der Waals surface area contributed by atoms with Gasteiger partial charge in [0.2, 0.25) is 5.88 Å². The van der Waals surface area contributed by atoms with E-state index in [-0.39, 0.29) is 12.7 Å². The lowest BCUT2D eigenvalue weighted by Crippen LogP contribution is -2.27. The van der Waals surface area contributed by atoms with E-state index in [0.29, 0.717) is 17.4 Å². The summed E-state index contributed by atoms with van der Waals surface area (Å²) in [7, 11) is 0. The molecule has 1 aromatic rings. The largest absolute Gasteiger partial charge is 0.474 e. The first-order valence-corrected chi connectivity index (χ1v) is 6.65. The fourth-order valence-electron chi connectivity index (χ4n) is 2.40. The van der Waals surface area contributed by atoms with Crippen molar-refractivity contribution in [3.8, 4) is 5.88 Å². The maximum absolute atomic E-state index is 11.3. The molecular formula is C14H20N2O3. The molecule has 1 heterocycles. The van der Waals surface area contributed by atoms with Crippen LogP contribution >= 0.6 is 0 Å². The SMILES string of the molecule is Cc1ccc(C(N)=O)c(OC2CCC(CO)CC2)n1. The van der Waals surface area contributed by atoms with Crippen molar-refractivity contribution in [2.45, 2.75) is 38.7 Å². The van der Waals surface area contributed by atoms with Crippen LogP contribution in [0.3, 0.4) is 0 Å². The van der Waals surface area contributed by atoms with Gasteiger partial charge in [-0.2, -0.15) is 0 Å². The van der Waals surface area contributed by atoms with Crippen molar-refractivity contribution in [3.63, 3.8) is 0 Å². The van der Waals surface area contributed by atoms with E-state index in [1.54, 1.807) is 12.1 Å². The van der Waals surface area contributed by atoms with Crippen LogP contribution in [0.1, 0.15) is 41.7 Å². The number of hydrogen-bond donors (Lipinski definition) is 2. The summed E-state index contributed by atoms with van der Waals surface area (Å²) in [6, 6.07) is 3.40. The molecular weight excluding hydrogens is 244 g/mol. The number of aromatic nitrogens is 1. The average molecular weight is 264 g/mol. The lowest BCUT2D eigenvalue weighted by Gasteiger charge is -2.27. The molecule has 1 fully saturated rings. The van der Waals surface area contributed by atoms with Gasteiger partial charge in [0.15, 0.2) is 0 Å². The third kappa shape index (κ3) is 3.44. The summed E-state index contributed by atoms with van der Waals surface area (Å²) >= 11 is 0. The van der Waals surface area contributed by atoms with Crippen LogP contribution < -0.4 is 10.5 Å². The molecule has 1 saturated carbocycles. The Hall–Kier alpha value is -1.62. The summed E-state index contributed by atoms with van der Waals surface area (Å²) in [6.45, 7) is 2.09. The lowest BCUT2D eigenvalue weighted by atomic mass is 9.88. The molecule has 1 aliphatic carbocycles. The Balaban J connectivity index is 2.06. The van der Waals surface area contributed by atoms with Gasteiger partial charge in [-0.1, -0.05) is 0 Å². The summed E-state index contributed by atoms with van der Waals surface area (Å²) in [5, 5.41) is 9.11. The van der Waals surface area contributed by atoms with Gasteiger partial charge in [0.25, 0.3) is 5.91 Å². The predicted molar refractivity (Wildman–Crippen MR) is 71.0 cm³/mol. The second-order valence-corrected chi connectivity index (χ2v) is 5.11. The molecule has 0 atom stereocenters. The molecule has 0 bridgehead atoms. The molecule has 19 heavy (non-hydrogen) atoms. The molecule has 5 nitrogen and oxygen atoms in total. The van der Waals surface area contributed by atoms with Gasteiger partial charge in [0.1, 0.15) is 11.7 Å². The maximum atomic E-state index is 11.3. The van der Waals surface area contributed by atoms with Gasteiger partial charge >= 0.3 is 0 Å². The fourth-order valence-corrected chi connectivity index (χ4v) is 2.40. The zero-order valence-corrected chi connectivity index (χ0v) is 11.1. The molecule has 1 aliphatic rings. The van der Waals surface area contributed by atoms with Crippen LogP contribution in [0.15, 0.2) is 12.1 Å². The number of carbonyl (C=O) groups excluding carboxylic acids is 1. The molecule has 0 radical (unpaired) electrons. The second kappa shape index (κ2) is 6.02. The van der Waals surface area contributed by atoms with Gasteiger partial charge in [-0.3, -0.25) is 4.79 Å². The monoisotopic (exact) mass is 264 g/mol. The Morgan fingerprint density at radius 2 is 2.11 bits per heavy atom. The van der Waals surface area contributed by atoms with E-state index >= 15 is 0 Å². The quantitative estimate of drug-likeness (QED) is 0.861. The molecule has 104 valence electrons. The highest BCUT2D eigenvalue weighted by atomic mass is 16.5. The van der Waals surface area contributed by atoms with Crippen LogP contribution in [0.25, 0.3) is 0 Å². The molecule has 0 aliphatic heterocycles. The van der Waals surface area contributed by atoms with Crippen molar-refractivity contribution in [1.82, 2.24) is 4.98 Å². The first-order valence-electron chi connectivity index (χ1n) is 6.65. The number of rotatable bonds is 4. The van der Waals surface area contributed by atoms with Crippen molar-refractivity contribution in [2.24, 2.45) is 11.7 Å². The number of aryl methyl sites for hydroxylation is 1. The van der Waals surface area contributed by atoms with E-state index in [9.17, 15) is 4.79 Å². The standard InChI is InChI=1S/C14H20N2O3/c1-9-2-7-12(13(15)18)14(16-9)19-11-5-3-10(8-17)4-6-11/h2,7,10-11,17H,3-6,8H2,1H3,(H2,15,18). The van der Waals surface area contributed by atoms with Gasteiger partial charge in [-0.15, -0.1) is 0 Å². The highest BCUT2D eigenvalue weighted by molar-refractivity contribution is 5.95. The molecule has 2 rings (SSSR count). The Labute approximate surface area is 112 Å². The topological polar surface area (TPSA) is 85.4 Å². The van der Waals surface area contributed by atoms with Crippen molar-refractivity contribution in [3.05, 3.63) is 23.4 Å². The van der Waals surface area contributed by atoms with Crippen molar-refractivity contribution < 1.29 is 14.6 Å². The smallest absolute Gasteiger partial charge is 0.254 e. The van der Waals surface area contributed by atoms with Crippen molar-refractivity contribution in [1.29, 1.82) is 0 Å². The first-order chi connectivity index (χ1) is 9.10. The van der Waals surface area contributed by atoms with Crippen molar-refractivity contribution in [2.75, 3.05) is 6.61 Å². The Bertz CT molecular complexity index is 454. The number of hydrogen-bond acceptors (Lipinski definition) is 4. The minimum absolute atomic E-state index is 0.0511. The molecule has 0 unspecified atom stereocenters. The third-order valence-corrected chi connectivity index (χ3v) is 3.60. The van der Waals surface area contributed by atoms with Crippen LogP contribution in [0.2, 0.25) is 0 Å². The third-order valence-electron chi connectivity index (χ3n) is 3.60.